The van der Waals surface area contributed by atoms with Crippen LogP contribution in [-0.4, -0.2) is 54.5 Å². The van der Waals surface area contributed by atoms with Crippen molar-refractivity contribution in [1.29, 1.82) is 0 Å². The summed E-state index contributed by atoms with van der Waals surface area (Å²) in [7, 11) is -2.66. The van der Waals surface area contributed by atoms with Crippen LogP contribution in [-0.2, 0) is 14.8 Å². The van der Waals surface area contributed by atoms with E-state index in [1.54, 1.807) is 36.8 Å². The summed E-state index contributed by atoms with van der Waals surface area (Å²) in [6.07, 6.45) is 4.09. The minimum absolute atomic E-state index is 0.0313. The fraction of sp³-hybridized carbons (Fsp3) is 0.250. The summed E-state index contributed by atoms with van der Waals surface area (Å²) in [5.41, 5.74) is 0.556. The van der Waals surface area contributed by atoms with E-state index in [0.29, 0.717) is 17.3 Å². The molecule has 11 heteroatoms. The van der Waals surface area contributed by atoms with Crippen molar-refractivity contribution in [2.24, 2.45) is 0 Å². The van der Waals surface area contributed by atoms with E-state index in [9.17, 15) is 12.8 Å². The molecule has 1 fully saturated rings. The van der Waals surface area contributed by atoms with Crippen LogP contribution in [0.25, 0.3) is 0 Å². The Morgan fingerprint density at radius 1 is 1.23 bits per heavy atom. The van der Waals surface area contributed by atoms with E-state index in [2.05, 4.69) is 20.3 Å². The maximum atomic E-state index is 13.8. The van der Waals surface area contributed by atoms with E-state index >= 15 is 0 Å². The molecule has 0 amide bonds. The highest BCUT2D eigenvalue weighted by atomic mass is 32.2. The molecule has 1 saturated heterocycles. The number of nitrogens with zero attached hydrogens (tertiary/aromatic N) is 4. The third kappa shape index (κ3) is 4.63. The van der Waals surface area contributed by atoms with Gasteiger partial charge in [-0.1, -0.05) is 6.07 Å². The Kier molecular flexibility index (Phi) is 6.07. The highest BCUT2D eigenvalue weighted by molar-refractivity contribution is 7.89. The SMILES string of the molecule is COc1ccc(F)cc1S(=O)(=O)N1CCO[C@@H](c2cccc(Nc3cnccn3)n2)C1. The third-order valence-corrected chi connectivity index (χ3v) is 6.58. The van der Waals surface area contributed by atoms with E-state index in [0.717, 1.165) is 12.1 Å². The summed E-state index contributed by atoms with van der Waals surface area (Å²) in [5, 5.41) is 3.04. The van der Waals surface area contributed by atoms with Gasteiger partial charge in [-0.05, 0) is 30.3 Å². The number of morpholine rings is 1. The molecule has 1 atom stereocenters. The first-order valence-electron chi connectivity index (χ1n) is 9.42. The van der Waals surface area contributed by atoms with Crippen LogP contribution in [0, 0.1) is 5.82 Å². The van der Waals surface area contributed by atoms with Gasteiger partial charge in [-0.25, -0.2) is 22.8 Å². The second-order valence-electron chi connectivity index (χ2n) is 6.68. The molecule has 1 aliphatic heterocycles. The van der Waals surface area contributed by atoms with Crippen molar-refractivity contribution in [2.45, 2.75) is 11.0 Å². The molecule has 1 aliphatic rings. The van der Waals surface area contributed by atoms with Crippen molar-refractivity contribution in [3.8, 4) is 5.75 Å². The first-order valence-corrected chi connectivity index (χ1v) is 10.9. The van der Waals surface area contributed by atoms with Crippen LogP contribution in [0.15, 0.2) is 59.9 Å². The Hall–Kier alpha value is -3.15. The fourth-order valence-electron chi connectivity index (χ4n) is 3.21. The molecule has 31 heavy (non-hydrogen) atoms. The van der Waals surface area contributed by atoms with Gasteiger partial charge in [0.1, 0.15) is 34.2 Å². The number of nitrogens with one attached hydrogen (secondary N) is 1. The largest absolute Gasteiger partial charge is 0.495 e. The lowest BCUT2D eigenvalue weighted by molar-refractivity contribution is -0.00490. The van der Waals surface area contributed by atoms with Crippen LogP contribution >= 0.6 is 0 Å². The van der Waals surface area contributed by atoms with E-state index in [-0.39, 0.29) is 30.3 Å². The van der Waals surface area contributed by atoms with Gasteiger partial charge in [0.2, 0.25) is 10.0 Å². The Balaban J connectivity index is 1.56. The number of ether oxygens (including phenoxy) is 2. The zero-order valence-electron chi connectivity index (χ0n) is 16.6. The van der Waals surface area contributed by atoms with Crippen molar-refractivity contribution >= 4 is 21.7 Å². The molecule has 2 aromatic heterocycles. The van der Waals surface area contributed by atoms with Gasteiger partial charge in [0.15, 0.2) is 0 Å². The topological polar surface area (TPSA) is 107 Å². The number of halogens is 1. The molecule has 0 saturated carbocycles. The van der Waals surface area contributed by atoms with Gasteiger partial charge < -0.3 is 14.8 Å². The number of hydrogen-bond donors (Lipinski definition) is 1. The Morgan fingerprint density at radius 2 is 2.10 bits per heavy atom. The highest BCUT2D eigenvalue weighted by Crippen LogP contribution is 2.31. The van der Waals surface area contributed by atoms with E-state index in [4.69, 9.17) is 9.47 Å². The monoisotopic (exact) mass is 445 g/mol. The molecule has 1 N–H and O–H groups in total. The number of anilines is 2. The van der Waals surface area contributed by atoms with Crippen molar-refractivity contribution in [3.05, 3.63) is 66.5 Å². The average Bonchev–Trinajstić information content (AvgIpc) is 2.80. The number of methoxy groups -OCH3 is 1. The van der Waals surface area contributed by atoms with E-state index in [1.807, 2.05) is 0 Å². The molecular formula is C20H20FN5O4S. The van der Waals surface area contributed by atoms with Crippen LogP contribution in [0.3, 0.4) is 0 Å². The molecular weight excluding hydrogens is 425 g/mol. The van der Waals surface area contributed by atoms with Crippen LogP contribution in [0.5, 0.6) is 5.75 Å². The van der Waals surface area contributed by atoms with Gasteiger partial charge in [-0.2, -0.15) is 4.31 Å². The lowest BCUT2D eigenvalue weighted by Gasteiger charge is -2.32. The van der Waals surface area contributed by atoms with Crippen LogP contribution in [0.1, 0.15) is 11.8 Å². The minimum atomic E-state index is -4.00. The number of hydrogen-bond acceptors (Lipinski definition) is 8. The van der Waals surface area contributed by atoms with Gasteiger partial charge in [-0.3, -0.25) is 4.98 Å². The normalized spacial score (nSPS) is 17.3. The van der Waals surface area contributed by atoms with Gasteiger partial charge in [0.25, 0.3) is 0 Å². The van der Waals surface area contributed by atoms with Crippen molar-refractivity contribution in [2.75, 3.05) is 32.1 Å². The molecule has 0 unspecified atom stereocenters. The second kappa shape index (κ2) is 8.92. The fourth-order valence-corrected chi connectivity index (χ4v) is 4.80. The summed E-state index contributed by atoms with van der Waals surface area (Å²) in [5.74, 6) is 0.471. The minimum Gasteiger partial charge on any atom is -0.495 e. The lowest BCUT2D eigenvalue weighted by Crippen LogP contribution is -2.42. The summed E-state index contributed by atoms with van der Waals surface area (Å²) in [6.45, 7) is 0.338. The zero-order chi connectivity index (χ0) is 21.8. The maximum absolute atomic E-state index is 13.8. The number of benzene rings is 1. The van der Waals surface area contributed by atoms with Gasteiger partial charge in [-0.15, -0.1) is 0 Å². The van der Waals surface area contributed by atoms with E-state index < -0.39 is 21.9 Å². The highest BCUT2D eigenvalue weighted by Gasteiger charge is 2.34. The number of aromatic nitrogens is 3. The Bertz CT molecular complexity index is 1160. The average molecular weight is 445 g/mol. The molecule has 162 valence electrons. The molecule has 3 aromatic rings. The van der Waals surface area contributed by atoms with E-state index in [1.165, 1.54) is 17.5 Å². The predicted octanol–water partition coefficient (Wildman–Crippen LogP) is 2.53. The molecule has 1 aromatic carbocycles. The van der Waals surface area contributed by atoms with Crippen molar-refractivity contribution < 1.29 is 22.3 Å². The van der Waals surface area contributed by atoms with Crippen LogP contribution in [0.2, 0.25) is 0 Å². The summed E-state index contributed by atoms with van der Waals surface area (Å²) in [4.78, 5) is 12.4. The van der Waals surface area contributed by atoms with Gasteiger partial charge >= 0.3 is 0 Å². The molecule has 0 bridgehead atoms. The molecule has 9 nitrogen and oxygen atoms in total. The second-order valence-corrected chi connectivity index (χ2v) is 8.59. The Morgan fingerprint density at radius 3 is 2.87 bits per heavy atom. The number of pyridine rings is 1. The molecule has 0 aliphatic carbocycles. The summed E-state index contributed by atoms with van der Waals surface area (Å²) < 4.78 is 52.3. The maximum Gasteiger partial charge on any atom is 0.247 e. The first kappa shape index (κ1) is 21.1. The third-order valence-electron chi connectivity index (χ3n) is 4.69. The first-order chi connectivity index (χ1) is 15.0. The smallest absolute Gasteiger partial charge is 0.247 e. The predicted molar refractivity (Wildman–Crippen MR) is 110 cm³/mol. The standard InChI is InChI=1S/C20H20FN5O4S/c1-29-16-6-5-14(21)11-18(16)31(27,28)26-9-10-30-17(13-26)15-3-2-4-19(24-15)25-20-12-22-7-8-23-20/h2-8,11-12,17H,9-10,13H2,1H3,(H,23,24,25)/t17-/m1/s1. The van der Waals surface area contributed by atoms with Crippen LogP contribution in [0.4, 0.5) is 16.0 Å². The van der Waals surface area contributed by atoms with Crippen molar-refractivity contribution in [3.63, 3.8) is 0 Å². The summed E-state index contributed by atoms with van der Waals surface area (Å²) in [6, 6.07) is 8.71. The zero-order valence-corrected chi connectivity index (χ0v) is 17.4. The molecule has 0 radical (unpaired) electrons. The Labute approximate surface area is 178 Å². The lowest BCUT2D eigenvalue weighted by atomic mass is 10.2. The summed E-state index contributed by atoms with van der Waals surface area (Å²) >= 11 is 0. The van der Waals surface area contributed by atoms with Crippen LogP contribution < -0.4 is 10.1 Å². The van der Waals surface area contributed by atoms with Gasteiger partial charge in [0.05, 0.1) is 25.6 Å². The quantitative estimate of drug-likeness (QED) is 0.617. The van der Waals surface area contributed by atoms with Gasteiger partial charge in [0, 0.05) is 25.5 Å². The molecule has 0 spiro atoms. The number of sulfonamides is 1. The molecule has 3 heterocycles. The molecule has 4 rings (SSSR count). The van der Waals surface area contributed by atoms with Crippen molar-refractivity contribution in [1.82, 2.24) is 19.3 Å². The number of rotatable bonds is 6.